The highest BCUT2D eigenvalue weighted by Gasteiger charge is 2.23. The molecule has 0 aliphatic rings. The summed E-state index contributed by atoms with van der Waals surface area (Å²) in [5.74, 6) is -1.63. The quantitative estimate of drug-likeness (QED) is 0.758. The molecule has 1 amide bonds. The van der Waals surface area contributed by atoms with Crippen LogP contribution in [-0.4, -0.2) is 28.5 Å². The van der Waals surface area contributed by atoms with Crippen molar-refractivity contribution in [3.05, 3.63) is 53.3 Å². The van der Waals surface area contributed by atoms with Crippen LogP contribution >= 0.6 is 0 Å². The summed E-state index contributed by atoms with van der Waals surface area (Å²) in [6, 6.07) is 8.49. The van der Waals surface area contributed by atoms with E-state index in [9.17, 15) is 17.6 Å². The highest BCUT2D eigenvalue weighted by atomic mass is 32.2. The number of hydrogen-bond donors (Lipinski definition) is 2. The highest BCUT2D eigenvalue weighted by Crippen LogP contribution is 2.31. The summed E-state index contributed by atoms with van der Waals surface area (Å²) in [6.07, 6.45) is 0. The SMILES string of the molecule is COc1cc(F)c(S(=O)(=O)NNC(=O)c2ccccc2C)cc1OC. The van der Waals surface area contributed by atoms with Crippen LogP contribution in [0.15, 0.2) is 41.3 Å². The highest BCUT2D eigenvalue weighted by molar-refractivity contribution is 7.89. The molecule has 2 N–H and O–H groups in total. The lowest BCUT2D eigenvalue weighted by Crippen LogP contribution is -2.42. The third-order valence-corrected chi connectivity index (χ3v) is 4.68. The van der Waals surface area contributed by atoms with E-state index in [-0.39, 0.29) is 17.1 Å². The van der Waals surface area contributed by atoms with E-state index in [2.05, 4.69) is 5.43 Å². The van der Waals surface area contributed by atoms with Gasteiger partial charge in [-0.1, -0.05) is 18.2 Å². The number of benzene rings is 2. The van der Waals surface area contributed by atoms with Crippen molar-refractivity contribution >= 4 is 15.9 Å². The number of hydrogen-bond acceptors (Lipinski definition) is 5. The molecular formula is C16H17FN2O5S. The fourth-order valence-corrected chi connectivity index (χ4v) is 3.02. The van der Waals surface area contributed by atoms with Crippen molar-refractivity contribution in [2.75, 3.05) is 14.2 Å². The molecule has 0 bridgehead atoms. The van der Waals surface area contributed by atoms with E-state index in [0.29, 0.717) is 5.56 Å². The molecule has 9 heteroatoms. The van der Waals surface area contributed by atoms with Crippen LogP contribution in [0.25, 0.3) is 0 Å². The van der Waals surface area contributed by atoms with Gasteiger partial charge in [0.1, 0.15) is 10.7 Å². The maximum atomic E-state index is 14.1. The second-order valence-corrected chi connectivity index (χ2v) is 6.66. The average molecular weight is 368 g/mol. The van der Waals surface area contributed by atoms with Gasteiger partial charge in [0.15, 0.2) is 11.5 Å². The van der Waals surface area contributed by atoms with Gasteiger partial charge in [-0.3, -0.25) is 10.2 Å². The number of ether oxygens (including phenoxy) is 2. The number of carbonyl (C=O) groups is 1. The Morgan fingerprint density at radius 1 is 1.08 bits per heavy atom. The summed E-state index contributed by atoms with van der Waals surface area (Å²) in [5.41, 5.74) is 3.01. The van der Waals surface area contributed by atoms with Gasteiger partial charge in [0.05, 0.1) is 14.2 Å². The van der Waals surface area contributed by atoms with Crippen LogP contribution in [0.2, 0.25) is 0 Å². The molecule has 0 saturated carbocycles. The Hall–Kier alpha value is -2.65. The van der Waals surface area contributed by atoms with Crippen LogP contribution in [0.3, 0.4) is 0 Å². The molecular weight excluding hydrogens is 351 g/mol. The molecule has 134 valence electrons. The summed E-state index contributed by atoms with van der Waals surface area (Å²) < 4.78 is 48.5. The number of hydrazine groups is 1. The van der Waals surface area contributed by atoms with Gasteiger partial charge in [0.25, 0.3) is 15.9 Å². The van der Waals surface area contributed by atoms with Gasteiger partial charge in [0.2, 0.25) is 0 Å². The van der Waals surface area contributed by atoms with Crippen molar-refractivity contribution in [1.82, 2.24) is 10.3 Å². The number of nitrogens with one attached hydrogen (secondary N) is 2. The minimum absolute atomic E-state index is 0.0366. The fraction of sp³-hybridized carbons (Fsp3) is 0.188. The van der Waals surface area contributed by atoms with Crippen molar-refractivity contribution < 1.29 is 27.1 Å². The van der Waals surface area contributed by atoms with Crippen LogP contribution in [0, 0.1) is 12.7 Å². The van der Waals surface area contributed by atoms with Gasteiger partial charge in [-0.05, 0) is 18.6 Å². The molecule has 0 aliphatic heterocycles. The van der Waals surface area contributed by atoms with Crippen molar-refractivity contribution in [1.29, 1.82) is 0 Å². The first kappa shape index (κ1) is 18.7. The molecule has 0 heterocycles. The van der Waals surface area contributed by atoms with Crippen LogP contribution in [0.5, 0.6) is 11.5 Å². The van der Waals surface area contributed by atoms with E-state index in [1.54, 1.807) is 25.1 Å². The van der Waals surface area contributed by atoms with Gasteiger partial charge in [0, 0.05) is 17.7 Å². The monoisotopic (exact) mass is 368 g/mol. The zero-order valence-corrected chi connectivity index (χ0v) is 14.6. The number of sulfonamides is 1. The third kappa shape index (κ3) is 4.06. The standard InChI is InChI=1S/C16H17FN2O5S/c1-10-6-4-5-7-11(10)16(20)18-19-25(21,22)15-9-14(24-3)13(23-2)8-12(15)17/h4-9,19H,1-3H3,(H,18,20). The zero-order valence-electron chi connectivity index (χ0n) is 13.8. The second kappa shape index (κ2) is 7.49. The minimum atomic E-state index is -4.36. The second-order valence-electron chi connectivity index (χ2n) is 5.01. The van der Waals surface area contributed by atoms with Crippen molar-refractivity contribution in [2.45, 2.75) is 11.8 Å². The molecule has 0 fully saturated rings. The van der Waals surface area contributed by atoms with E-state index in [1.807, 2.05) is 4.83 Å². The summed E-state index contributed by atoms with van der Waals surface area (Å²) in [4.78, 5) is 13.3. The number of rotatable bonds is 6. The molecule has 0 aliphatic carbocycles. The van der Waals surface area contributed by atoms with E-state index < -0.39 is 26.6 Å². The molecule has 0 atom stereocenters. The minimum Gasteiger partial charge on any atom is -0.493 e. The fourth-order valence-electron chi connectivity index (χ4n) is 2.10. The largest absolute Gasteiger partial charge is 0.493 e. The lowest BCUT2D eigenvalue weighted by atomic mass is 10.1. The molecule has 2 aromatic rings. The zero-order chi connectivity index (χ0) is 18.6. The van der Waals surface area contributed by atoms with Crippen LogP contribution in [-0.2, 0) is 10.0 Å². The average Bonchev–Trinajstić information content (AvgIpc) is 2.59. The number of halogens is 1. The molecule has 0 unspecified atom stereocenters. The van der Waals surface area contributed by atoms with Gasteiger partial charge >= 0.3 is 0 Å². The molecule has 2 aromatic carbocycles. The van der Waals surface area contributed by atoms with E-state index in [0.717, 1.165) is 12.1 Å². The third-order valence-electron chi connectivity index (χ3n) is 3.42. The number of aryl methyl sites for hydroxylation is 1. The lowest BCUT2D eigenvalue weighted by Gasteiger charge is -2.13. The molecule has 2 rings (SSSR count). The van der Waals surface area contributed by atoms with E-state index in [4.69, 9.17) is 9.47 Å². The Kier molecular flexibility index (Phi) is 5.60. The van der Waals surface area contributed by atoms with Gasteiger partial charge in [-0.25, -0.2) is 12.8 Å². The van der Waals surface area contributed by atoms with Gasteiger partial charge < -0.3 is 9.47 Å². The smallest absolute Gasteiger partial charge is 0.266 e. The van der Waals surface area contributed by atoms with Crippen LogP contribution in [0.1, 0.15) is 15.9 Å². The Morgan fingerprint density at radius 3 is 2.28 bits per heavy atom. The number of amides is 1. The summed E-state index contributed by atoms with van der Waals surface area (Å²) in [5, 5.41) is 0. The Morgan fingerprint density at radius 2 is 1.68 bits per heavy atom. The summed E-state index contributed by atoms with van der Waals surface area (Å²) in [7, 11) is -1.77. The van der Waals surface area contributed by atoms with Gasteiger partial charge in [-0.15, -0.1) is 4.83 Å². The maximum absolute atomic E-state index is 14.1. The predicted octanol–water partition coefficient (Wildman–Crippen LogP) is 1.77. The summed E-state index contributed by atoms with van der Waals surface area (Å²) in [6.45, 7) is 1.71. The van der Waals surface area contributed by atoms with Crippen LogP contribution < -0.4 is 19.7 Å². The molecule has 0 spiro atoms. The Labute approximate surface area is 144 Å². The first-order chi connectivity index (χ1) is 11.8. The molecule has 25 heavy (non-hydrogen) atoms. The topological polar surface area (TPSA) is 93.7 Å². The van der Waals surface area contributed by atoms with Crippen LogP contribution in [0.4, 0.5) is 4.39 Å². The number of carbonyl (C=O) groups excluding carboxylic acids is 1. The Balaban J connectivity index is 2.25. The first-order valence-corrected chi connectivity index (χ1v) is 8.57. The molecule has 0 saturated heterocycles. The summed E-state index contributed by atoms with van der Waals surface area (Å²) >= 11 is 0. The lowest BCUT2D eigenvalue weighted by molar-refractivity contribution is 0.0944. The van der Waals surface area contributed by atoms with E-state index in [1.165, 1.54) is 20.3 Å². The molecule has 0 radical (unpaired) electrons. The Bertz CT molecular complexity index is 899. The van der Waals surface area contributed by atoms with Crippen molar-refractivity contribution in [3.63, 3.8) is 0 Å². The van der Waals surface area contributed by atoms with Crippen molar-refractivity contribution in [2.24, 2.45) is 0 Å². The number of methoxy groups -OCH3 is 2. The van der Waals surface area contributed by atoms with Crippen molar-refractivity contribution in [3.8, 4) is 11.5 Å². The molecule has 0 aromatic heterocycles. The normalized spacial score (nSPS) is 11.0. The van der Waals surface area contributed by atoms with Gasteiger partial charge in [-0.2, -0.15) is 0 Å². The predicted molar refractivity (Wildman–Crippen MR) is 88.5 cm³/mol. The maximum Gasteiger partial charge on any atom is 0.266 e. The first-order valence-electron chi connectivity index (χ1n) is 7.09. The molecule has 7 nitrogen and oxygen atoms in total. The van der Waals surface area contributed by atoms with E-state index >= 15 is 0 Å².